The van der Waals surface area contributed by atoms with E-state index in [1.165, 1.54) is 35.2 Å². The smallest absolute Gasteiger partial charge is 0.123 e. The molecule has 1 aliphatic carbocycles. The van der Waals surface area contributed by atoms with Crippen LogP contribution in [0, 0.1) is 17.7 Å². The SMILES string of the molecule is Fc1cccc(CN2CC3CCC2C3Cc2cccc3cnccc23)c1. The molecule has 3 heteroatoms. The molecule has 3 aromatic rings. The van der Waals surface area contributed by atoms with Gasteiger partial charge in [0.1, 0.15) is 5.82 Å². The van der Waals surface area contributed by atoms with Crippen molar-refractivity contribution in [2.45, 2.75) is 31.8 Å². The van der Waals surface area contributed by atoms with Gasteiger partial charge in [0.25, 0.3) is 0 Å². The minimum absolute atomic E-state index is 0.132. The zero-order chi connectivity index (χ0) is 17.5. The van der Waals surface area contributed by atoms with E-state index in [0.29, 0.717) is 12.0 Å². The molecule has 2 aromatic carbocycles. The number of hydrogen-bond acceptors (Lipinski definition) is 2. The average molecular weight is 346 g/mol. The van der Waals surface area contributed by atoms with Crippen molar-refractivity contribution >= 4 is 10.8 Å². The summed E-state index contributed by atoms with van der Waals surface area (Å²) in [5, 5.41) is 2.57. The summed E-state index contributed by atoms with van der Waals surface area (Å²) in [5.41, 5.74) is 2.53. The van der Waals surface area contributed by atoms with E-state index in [1.807, 2.05) is 24.5 Å². The fraction of sp³-hybridized carbons (Fsp3) is 0.348. The maximum Gasteiger partial charge on any atom is 0.123 e. The molecule has 1 saturated carbocycles. The Morgan fingerprint density at radius 1 is 1.08 bits per heavy atom. The summed E-state index contributed by atoms with van der Waals surface area (Å²) < 4.78 is 13.5. The highest BCUT2D eigenvalue weighted by Crippen LogP contribution is 2.45. The van der Waals surface area contributed by atoms with Gasteiger partial charge in [-0.05, 0) is 65.8 Å². The van der Waals surface area contributed by atoms with E-state index in [-0.39, 0.29) is 5.82 Å². The molecular weight excluding hydrogens is 323 g/mol. The van der Waals surface area contributed by atoms with E-state index in [0.717, 1.165) is 31.0 Å². The van der Waals surface area contributed by atoms with Gasteiger partial charge in [-0.25, -0.2) is 4.39 Å². The number of pyridine rings is 1. The van der Waals surface area contributed by atoms with Gasteiger partial charge in [0.05, 0.1) is 0 Å². The maximum atomic E-state index is 13.5. The first-order chi connectivity index (χ1) is 12.8. The third kappa shape index (κ3) is 2.80. The molecule has 1 saturated heterocycles. The fourth-order valence-electron chi connectivity index (χ4n) is 5.22. The molecule has 3 atom stereocenters. The first kappa shape index (κ1) is 16.0. The summed E-state index contributed by atoms with van der Waals surface area (Å²) in [7, 11) is 0. The zero-order valence-electron chi connectivity index (χ0n) is 14.8. The molecule has 0 radical (unpaired) electrons. The Morgan fingerprint density at radius 3 is 2.92 bits per heavy atom. The molecular formula is C23H23FN2. The molecule has 26 heavy (non-hydrogen) atoms. The number of piperidine rings is 1. The highest BCUT2D eigenvalue weighted by Gasteiger charge is 2.46. The molecule has 5 rings (SSSR count). The van der Waals surface area contributed by atoms with Gasteiger partial charge in [-0.2, -0.15) is 0 Å². The molecule has 1 aromatic heterocycles. The molecule has 2 aliphatic rings. The molecule has 2 nitrogen and oxygen atoms in total. The van der Waals surface area contributed by atoms with Crippen molar-refractivity contribution < 1.29 is 4.39 Å². The van der Waals surface area contributed by atoms with Gasteiger partial charge < -0.3 is 0 Å². The molecule has 0 spiro atoms. The molecule has 132 valence electrons. The second kappa shape index (κ2) is 6.48. The minimum Gasteiger partial charge on any atom is -0.296 e. The van der Waals surface area contributed by atoms with Gasteiger partial charge >= 0.3 is 0 Å². The van der Waals surface area contributed by atoms with Crippen LogP contribution >= 0.6 is 0 Å². The van der Waals surface area contributed by atoms with Gasteiger partial charge in [0.2, 0.25) is 0 Å². The van der Waals surface area contributed by atoms with Crippen LogP contribution < -0.4 is 0 Å². The van der Waals surface area contributed by atoms with Crippen molar-refractivity contribution in [2.75, 3.05) is 6.54 Å². The number of likely N-dealkylation sites (tertiary alicyclic amines) is 1. The second-order valence-corrected chi connectivity index (χ2v) is 7.85. The molecule has 3 unspecified atom stereocenters. The van der Waals surface area contributed by atoms with E-state index in [4.69, 9.17) is 0 Å². The lowest BCUT2D eigenvalue weighted by Gasteiger charge is -2.27. The van der Waals surface area contributed by atoms with E-state index < -0.39 is 0 Å². The van der Waals surface area contributed by atoms with Crippen molar-refractivity contribution in [2.24, 2.45) is 11.8 Å². The molecule has 2 bridgehead atoms. The normalized spacial score (nSPS) is 25.2. The lowest BCUT2D eigenvalue weighted by Crippen LogP contribution is -2.33. The van der Waals surface area contributed by atoms with Gasteiger partial charge in [-0.1, -0.05) is 30.3 Å². The molecule has 2 fully saturated rings. The fourth-order valence-corrected chi connectivity index (χ4v) is 5.22. The number of nitrogens with zero attached hydrogens (tertiary/aromatic N) is 2. The van der Waals surface area contributed by atoms with Gasteiger partial charge in [-0.15, -0.1) is 0 Å². The lowest BCUT2D eigenvalue weighted by atomic mass is 9.89. The second-order valence-electron chi connectivity index (χ2n) is 7.85. The first-order valence-electron chi connectivity index (χ1n) is 9.58. The topological polar surface area (TPSA) is 16.1 Å². The van der Waals surface area contributed by atoms with Crippen molar-refractivity contribution in [1.82, 2.24) is 9.88 Å². The van der Waals surface area contributed by atoms with Crippen LogP contribution in [0.5, 0.6) is 0 Å². The number of halogens is 1. The number of hydrogen-bond donors (Lipinski definition) is 0. The Balaban J connectivity index is 1.37. The quantitative estimate of drug-likeness (QED) is 0.673. The van der Waals surface area contributed by atoms with Crippen molar-refractivity contribution in [3.05, 3.63) is 77.9 Å². The average Bonchev–Trinajstić information content (AvgIpc) is 3.18. The summed E-state index contributed by atoms with van der Waals surface area (Å²) >= 11 is 0. The largest absolute Gasteiger partial charge is 0.296 e. The third-order valence-electron chi connectivity index (χ3n) is 6.37. The van der Waals surface area contributed by atoms with Crippen LogP contribution in [0.15, 0.2) is 60.9 Å². The van der Waals surface area contributed by atoms with Crippen LogP contribution in [0.2, 0.25) is 0 Å². The molecule has 0 N–H and O–H groups in total. The van der Waals surface area contributed by atoms with Crippen molar-refractivity contribution in [1.29, 1.82) is 0 Å². The monoisotopic (exact) mass is 346 g/mol. The standard InChI is InChI=1S/C23H23FN2/c24-20-6-1-3-16(11-20)14-26-15-19-7-8-23(26)22(19)12-17-4-2-5-18-13-25-10-9-21(17)18/h1-6,9-11,13,19,22-23H,7-8,12,14-15H2. The summed E-state index contributed by atoms with van der Waals surface area (Å²) in [6.45, 7) is 2.02. The van der Waals surface area contributed by atoms with Gasteiger partial charge in [0, 0.05) is 36.9 Å². The Labute approximate surface area is 153 Å². The number of benzene rings is 2. The summed E-state index contributed by atoms with van der Waals surface area (Å²) in [5.74, 6) is 1.35. The highest BCUT2D eigenvalue weighted by atomic mass is 19.1. The van der Waals surface area contributed by atoms with E-state index >= 15 is 0 Å². The first-order valence-corrected chi connectivity index (χ1v) is 9.58. The van der Waals surface area contributed by atoms with Gasteiger partial charge in [0.15, 0.2) is 0 Å². The Morgan fingerprint density at radius 2 is 2.00 bits per heavy atom. The predicted octanol–water partition coefficient (Wildman–Crippen LogP) is 4.83. The maximum absolute atomic E-state index is 13.5. The summed E-state index contributed by atoms with van der Waals surface area (Å²) in [6, 6.07) is 16.4. The van der Waals surface area contributed by atoms with E-state index in [9.17, 15) is 4.39 Å². The van der Waals surface area contributed by atoms with Crippen LogP contribution in [0.25, 0.3) is 10.8 Å². The number of aromatic nitrogens is 1. The van der Waals surface area contributed by atoms with Crippen LogP contribution in [-0.2, 0) is 13.0 Å². The minimum atomic E-state index is -0.132. The highest BCUT2D eigenvalue weighted by molar-refractivity contribution is 5.84. The number of fused-ring (bicyclic) bond motifs is 3. The summed E-state index contributed by atoms with van der Waals surface area (Å²) in [4.78, 5) is 6.84. The van der Waals surface area contributed by atoms with Crippen LogP contribution in [0.3, 0.4) is 0 Å². The predicted molar refractivity (Wildman–Crippen MR) is 102 cm³/mol. The lowest BCUT2D eigenvalue weighted by molar-refractivity contribution is 0.197. The van der Waals surface area contributed by atoms with Crippen LogP contribution in [0.4, 0.5) is 4.39 Å². The Kier molecular flexibility index (Phi) is 3.97. The van der Waals surface area contributed by atoms with E-state index in [1.54, 1.807) is 6.07 Å². The zero-order valence-corrected chi connectivity index (χ0v) is 14.8. The van der Waals surface area contributed by atoms with Crippen LogP contribution in [0.1, 0.15) is 24.0 Å². The van der Waals surface area contributed by atoms with Gasteiger partial charge in [-0.3, -0.25) is 9.88 Å². The molecule has 1 aliphatic heterocycles. The molecule has 2 heterocycles. The Bertz CT molecular complexity index is 933. The van der Waals surface area contributed by atoms with Crippen LogP contribution in [-0.4, -0.2) is 22.5 Å². The van der Waals surface area contributed by atoms with E-state index in [2.05, 4.69) is 34.1 Å². The third-order valence-corrected chi connectivity index (χ3v) is 6.37. The van der Waals surface area contributed by atoms with Crippen molar-refractivity contribution in [3.8, 4) is 0 Å². The Hall–Kier alpha value is -2.26. The summed E-state index contributed by atoms with van der Waals surface area (Å²) in [6.07, 6.45) is 7.60. The number of rotatable bonds is 4. The van der Waals surface area contributed by atoms with Crippen molar-refractivity contribution in [3.63, 3.8) is 0 Å². The molecule has 0 amide bonds.